The fourth-order valence-electron chi connectivity index (χ4n) is 8.89. The van der Waals surface area contributed by atoms with Crippen molar-refractivity contribution in [3.05, 3.63) is 144 Å². The minimum Gasteiger partial charge on any atom is -0.488 e. The van der Waals surface area contributed by atoms with Gasteiger partial charge in [-0.1, -0.05) is 147 Å². The second-order valence-electron chi connectivity index (χ2n) is 17.4. The molecular weight excluding hydrogens is 865 g/mol. The van der Waals surface area contributed by atoms with Crippen LogP contribution in [-0.2, 0) is 35.9 Å². The van der Waals surface area contributed by atoms with Crippen molar-refractivity contribution in [1.29, 1.82) is 0 Å². The summed E-state index contributed by atoms with van der Waals surface area (Å²) in [6, 6.07) is 34.3. The minimum atomic E-state index is -0.729. The molecule has 0 saturated carbocycles. The molecule has 4 aromatic carbocycles. The van der Waals surface area contributed by atoms with Crippen molar-refractivity contribution >= 4 is 33.4 Å². The van der Waals surface area contributed by atoms with E-state index in [0.717, 1.165) is 69.6 Å². The lowest BCUT2D eigenvalue weighted by molar-refractivity contribution is -0.138. The van der Waals surface area contributed by atoms with Gasteiger partial charge in [0.25, 0.3) is 0 Å². The number of amides is 2. The number of carbonyl (C=O) groups excluding carboxylic acids is 2. The van der Waals surface area contributed by atoms with E-state index in [1.807, 2.05) is 94.7 Å². The first kappa shape index (κ1) is 47.0. The van der Waals surface area contributed by atoms with Gasteiger partial charge >= 0.3 is 0 Å². The van der Waals surface area contributed by atoms with Gasteiger partial charge in [-0.05, 0) is 47.2 Å². The van der Waals surface area contributed by atoms with Gasteiger partial charge in [0.15, 0.2) is 0 Å². The molecule has 0 saturated heterocycles. The van der Waals surface area contributed by atoms with Gasteiger partial charge in [-0.15, -0.1) is 0 Å². The molecule has 6 unspecified atom stereocenters. The van der Waals surface area contributed by atoms with Crippen LogP contribution < -0.4 is 20.9 Å². The summed E-state index contributed by atoms with van der Waals surface area (Å²) < 4.78 is 17.0. The second kappa shape index (κ2) is 21.8. The number of benzene rings is 4. The summed E-state index contributed by atoms with van der Waals surface area (Å²) >= 11 is 0. The van der Waals surface area contributed by atoms with Crippen molar-refractivity contribution in [2.75, 3.05) is 24.6 Å². The molecule has 2 aromatic heterocycles. The molecule has 346 valence electrons. The number of rotatable bonds is 19. The van der Waals surface area contributed by atoms with E-state index in [4.69, 9.17) is 30.9 Å². The maximum Gasteiger partial charge on any atom is 0.241 e. The predicted octanol–water partition coefficient (Wildman–Crippen LogP) is 9.17. The molecule has 6 atom stereocenters. The largest absolute Gasteiger partial charge is 0.488 e. The molecule has 12 nitrogen and oxygen atoms in total. The summed E-state index contributed by atoms with van der Waals surface area (Å²) in [6.45, 7) is 11.8. The van der Waals surface area contributed by atoms with Crippen molar-refractivity contribution in [1.82, 2.24) is 28.9 Å². The number of hydrogen-bond acceptors (Lipinski definition) is 10. The van der Waals surface area contributed by atoms with E-state index in [1.165, 1.54) is 21.6 Å². The summed E-state index contributed by atoms with van der Waals surface area (Å²) in [6.07, 6.45) is 5.90. The van der Waals surface area contributed by atoms with Crippen LogP contribution >= 0.6 is 21.6 Å². The van der Waals surface area contributed by atoms with E-state index in [2.05, 4.69) is 73.5 Å². The SMILES string of the molecule is CCC(C)C1c2nc(-c3ccccc3OCc3ccccc3)cn2CCN1C(=O)C(N)CSSCC(N)C(=O)N1CCn2cc(-c3ccccc3OCc3ccccc3)nc2C1C(C)CC. The highest BCUT2D eigenvalue weighted by Gasteiger charge is 2.40. The Morgan fingerprint density at radius 3 is 1.36 bits per heavy atom. The highest BCUT2D eigenvalue weighted by atomic mass is 33.1. The normalized spacial score (nSPS) is 17.6. The zero-order chi connectivity index (χ0) is 46.2. The minimum absolute atomic E-state index is 0.0962. The van der Waals surface area contributed by atoms with Crippen LogP contribution in [0, 0.1) is 11.8 Å². The fraction of sp³-hybridized carbons (Fsp3) is 0.385. The molecule has 2 aliphatic rings. The number of imidazole rings is 2. The standard InChI is InChI=1S/C52H62N8O4S2/c1-5-35(3)47-49-55-43(39-21-13-15-23-45(39)63-31-37-17-9-7-10-18-37)29-57(49)25-27-59(47)51(61)41(53)33-65-66-34-42(54)52(62)60-28-26-58-30-44(56-50(58)48(60)36(4)6-2)40-22-14-16-24-46(40)64-32-38-19-11-8-12-20-38/h7-24,29-30,35-36,41-42,47-48H,5-6,25-28,31-34,53-54H2,1-4H3. The van der Waals surface area contributed by atoms with E-state index in [0.29, 0.717) is 50.9 Å². The van der Waals surface area contributed by atoms with Gasteiger partial charge in [-0.3, -0.25) is 9.59 Å². The number of aromatic nitrogens is 4. The molecule has 4 N–H and O–H groups in total. The zero-order valence-corrected chi connectivity index (χ0v) is 40.0. The molecule has 66 heavy (non-hydrogen) atoms. The lowest BCUT2D eigenvalue weighted by atomic mass is 9.94. The molecule has 0 fully saturated rings. The second-order valence-corrected chi connectivity index (χ2v) is 20.0. The fourth-order valence-corrected chi connectivity index (χ4v) is 11.1. The van der Waals surface area contributed by atoms with Gasteiger partial charge in [0.1, 0.15) is 36.4 Å². The van der Waals surface area contributed by atoms with E-state index < -0.39 is 12.1 Å². The van der Waals surface area contributed by atoms with Crippen LogP contribution in [0.15, 0.2) is 122 Å². The van der Waals surface area contributed by atoms with Crippen LogP contribution in [0.4, 0.5) is 0 Å². The number of fused-ring (bicyclic) bond motifs is 2. The van der Waals surface area contributed by atoms with Crippen molar-refractivity contribution < 1.29 is 19.1 Å². The average Bonchev–Trinajstić information content (AvgIpc) is 4.00. The van der Waals surface area contributed by atoms with E-state index in [9.17, 15) is 9.59 Å². The maximum atomic E-state index is 14.2. The number of nitrogens with zero attached hydrogens (tertiary/aromatic N) is 6. The Labute approximate surface area is 396 Å². The average molecular weight is 927 g/mol. The van der Waals surface area contributed by atoms with Gasteiger partial charge in [0.2, 0.25) is 11.8 Å². The van der Waals surface area contributed by atoms with E-state index in [-0.39, 0.29) is 35.7 Å². The van der Waals surface area contributed by atoms with E-state index in [1.54, 1.807) is 0 Å². The first-order valence-electron chi connectivity index (χ1n) is 23.2. The van der Waals surface area contributed by atoms with Gasteiger partial charge in [-0.25, -0.2) is 9.97 Å². The maximum absolute atomic E-state index is 14.2. The number of carbonyl (C=O) groups is 2. The first-order valence-corrected chi connectivity index (χ1v) is 25.7. The molecule has 14 heteroatoms. The smallest absolute Gasteiger partial charge is 0.241 e. The molecule has 0 spiro atoms. The van der Waals surface area contributed by atoms with Crippen molar-refractivity contribution in [2.24, 2.45) is 23.3 Å². The third kappa shape index (κ3) is 10.5. The molecular formula is C52H62N8O4S2. The zero-order valence-electron chi connectivity index (χ0n) is 38.4. The van der Waals surface area contributed by atoms with Crippen LogP contribution in [0.2, 0.25) is 0 Å². The first-order chi connectivity index (χ1) is 32.1. The summed E-state index contributed by atoms with van der Waals surface area (Å²) in [5.74, 6) is 4.13. The Kier molecular flexibility index (Phi) is 15.5. The molecule has 2 aliphatic heterocycles. The predicted molar refractivity (Wildman–Crippen MR) is 266 cm³/mol. The summed E-state index contributed by atoms with van der Waals surface area (Å²) in [4.78, 5) is 42.6. The monoisotopic (exact) mass is 926 g/mol. The number of para-hydroxylation sites is 2. The van der Waals surface area contributed by atoms with Crippen molar-refractivity contribution in [3.8, 4) is 34.0 Å². The third-order valence-corrected chi connectivity index (χ3v) is 15.4. The number of nitrogens with two attached hydrogens (primary N) is 2. The molecule has 0 radical (unpaired) electrons. The molecule has 6 aromatic rings. The van der Waals surface area contributed by atoms with Crippen molar-refractivity contribution in [3.63, 3.8) is 0 Å². The van der Waals surface area contributed by atoms with E-state index >= 15 is 0 Å². The molecule has 2 amide bonds. The molecule has 0 aliphatic carbocycles. The van der Waals surface area contributed by atoms with Gasteiger partial charge < -0.3 is 39.9 Å². The Hall–Kier alpha value is -5.54. The highest BCUT2D eigenvalue weighted by molar-refractivity contribution is 8.76. The number of ether oxygens (including phenoxy) is 2. The molecule has 8 rings (SSSR count). The van der Waals surface area contributed by atoms with Gasteiger partial charge in [-0.2, -0.15) is 0 Å². The van der Waals surface area contributed by atoms with Crippen LogP contribution in [0.25, 0.3) is 22.5 Å². The Morgan fingerprint density at radius 1 is 0.591 bits per heavy atom. The Bertz CT molecular complexity index is 2380. The third-order valence-electron chi connectivity index (χ3n) is 12.9. The van der Waals surface area contributed by atoms with Crippen LogP contribution in [-0.4, -0.2) is 77.4 Å². The number of hydrogen-bond donors (Lipinski definition) is 2. The summed E-state index contributed by atoms with van der Waals surface area (Å²) in [5, 5.41) is 0. The van der Waals surface area contributed by atoms with Crippen LogP contribution in [0.3, 0.4) is 0 Å². The topological polar surface area (TPSA) is 147 Å². The lowest BCUT2D eigenvalue weighted by Crippen LogP contribution is -2.52. The lowest BCUT2D eigenvalue weighted by Gasteiger charge is -2.40. The van der Waals surface area contributed by atoms with Crippen LogP contribution in [0.1, 0.15) is 75.4 Å². The van der Waals surface area contributed by atoms with Gasteiger partial charge in [0.05, 0.1) is 35.6 Å². The van der Waals surface area contributed by atoms with Crippen molar-refractivity contribution in [2.45, 2.75) is 91.0 Å². The quantitative estimate of drug-likeness (QED) is 0.0596. The Morgan fingerprint density at radius 2 is 0.970 bits per heavy atom. The molecule has 0 bridgehead atoms. The Balaban J connectivity index is 0.880. The summed E-state index contributed by atoms with van der Waals surface area (Å²) in [5.41, 5.74) is 19.0. The van der Waals surface area contributed by atoms with Gasteiger partial charge in [0, 0.05) is 61.2 Å². The summed E-state index contributed by atoms with van der Waals surface area (Å²) in [7, 11) is 2.98. The van der Waals surface area contributed by atoms with Crippen LogP contribution in [0.5, 0.6) is 11.5 Å². The molecule has 4 heterocycles. The highest BCUT2D eigenvalue weighted by Crippen LogP contribution is 2.40.